The third kappa shape index (κ3) is 4.87. The van der Waals surface area contributed by atoms with Gasteiger partial charge in [0.2, 0.25) is 0 Å². The van der Waals surface area contributed by atoms with E-state index in [9.17, 15) is 0 Å². The van der Waals surface area contributed by atoms with Crippen molar-refractivity contribution in [3.63, 3.8) is 0 Å². The van der Waals surface area contributed by atoms with Gasteiger partial charge in [0.05, 0.1) is 10.7 Å². The molecule has 0 heterocycles. The summed E-state index contributed by atoms with van der Waals surface area (Å²) in [5.74, 6) is 3.26. The van der Waals surface area contributed by atoms with E-state index in [1.807, 2.05) is 36.4 Å². The largest absolute Gasteiger partial charge is 0.239 e. The van der Waals surface area contributed by atoms with E-state index < -0.39 is 8.07 Å². The number of benzene rings is 2. The summed E-state index contributed by atoms with van der Waals surface area (Å²) < 4.78 is 0. The minimum absolute atomic E-state index is 0.679. The van der Waals surface area contributed by atoms with Crippen molar-refractivity contribution < 1.29 is 0 Å². The average Bonchev–Trinajstić information content (AvgIpc) is 2.45. The fourth-order valence-electron chi connectivity index (χ4n) is 1.80. The number of halogens is 1. The summed E-state index contributed by atoms with van der Waals surface area (Å²) in [4.78, 5) is 4.71. The molecule has 0 unspecified atom stereocenters. The maximum absolute atomic E-state index is 6.32. The van der Waals surface area contributed by atoms with Crippen molar-refractivity contribution in [2.24, 2.45) is 4.99 Å². The standard InChI is InChI=1S/C19H20ClNSi/c1-15-9-11-16(12-10-15)21-19(13-14-22(2,3)4)17-7-5-6-8-18(17)20/h5-12H,1-4H3. The number of aryl methyl sites for hydroxylation is 1. The monoisotopic (exact) mass is 325 g/mol. The van der Waals surface area contributed by atoms with Crippen molar-refractivity contribution in [1.29, 1.82) is 0 Å². The van der Waals surface area contributed by atoms with Gasteiger partial charge in [0, 0.05) is 5.56 Å². The second-order valence-electron chi connectivity index (χ2n) is 6.28. The molecule has 0 aliphatic heterocycles. The second kappa shape index (κ2) is 6.96. The first kappa shape index (κ1) is 16.5. The average molecular weight is 326 g/mol. The highest BCUT2D eigenvalue weighted by molar-refractivity contribution is 6.84. The van der Waals surface area contributed by atoms with Crippen molar-refractivity contribution in [3.05, 3.63) is 64.7 Å². The van der Waals surface area contributed by atoms with Crippen molar-refractivity contribution in [3.8, 4) is 11.5 Å². The smallest absolute Gasteiger partial charge is 0.129 e. The van der Waals surface area contributed by atoms with Crippen molar-refractivity contribution in [2.45, 2.75) is 26.6 Å². The van der Waals surface area contributed by atoms with E-state index in [0.717, 1.165) is 17.0 Å². The first-order chi connectivity index (χ1) is 10.3. The lowest BCUT2D eigenvalue weighted by Gasteiger charge is -2.06. The van der Waals surface area contributed by atoms with E-state index in [4.69, 9.17) is 16.6 Å². The number of rotatable bonds is 2. The zero-order chi connectivity index (χ0) is 16.2. The SMILES string of the molecule is Cc1ccc(N=C(C#C[Si](C)(C)C)c2ccccc2Cl)cc1. The van der Waals surface area contributed by atoms with Crippen LogP contribution in [0.25, 0.3) is 0 Å². The summed E-state index contributed by atoms with van der Waals surface area (Å²) >= 11 is 6.32. The molecule has 22 heavy (non-hydrogen) atoms. The van der Waals surface area contributed by atoms with Gasteiger partial charge in [0.1, 0.15) is 13.8 Å². The Morgan fingerprint density at radius 3 is 2.23 bits per heavy atom. The van der Waals surface area contributed by atoms with Crippen LogP contribution < -0.4 is 0 Å². The number of hydrogen-bond acceptors (Lipinski definition) is 1. The molecule has 0 bridgehead atoms. The van der Waals surface area contributed by atoms with Gasteiger partial charge < -0.3 is 0 Å². The maximum Gasteiger partial charge on any atom is 0.129 e. The molecule has 0 spiro atoms. The summed E-state index contributed by atoms with van der Waals surface area (Å²) in [6.45, 7) is 8.72. The van der Waals surface area contributed by atoms with Crippen molar-refractivity contribution >= 4 is 31.1 Å². The molecule has 0 radical (unpaired) electrons. The molecule has 2 rings (SSSR count). The van der Waals surface area contributed by atoms with Crippen LogP contribution in [0.15, 0.2) is 53.5 Å². The van der Waals surface area contributed by atoms with Gasteiger partial charge in [-0.2, -0.15) is 0 Å². The fourth-order valence-corrected chi connectivity index (χ4v) is 2.52. The Morgan fingerprint density at radius 1 is 1.00 bits per heavy atom. The Morgan fingerprint density at radius 2 is 1.64 bits per heavy atom. The Labute approximate surface area is 139 Å². The Balaban J connectivity index is 2.52. The van der Waals surface area contributed by atoms with Crippen LogP contribution in [0.3, 0.4) is 0 Å². The molecule has 2 aromatic carbocycles. The minimum Gasteiger partial charge on any atom is -0.239 e. The van der Waals surface area contributed by atoms with Crippen LogP contribution in [0, 0.1) is 18.4 Å². The second-order valence-corrected chi connectivity index (χ2v) is 11.4. The quantitative estimate of drug-likeness (QED) is 0.384. The molecule has 3 heteroatoms. The predicted octanol–water partition coefficient (Wildman–Crippen LogP) is 5.65. The van der Waals surface area contributed by atoms with Crippen LogP contribution in [0.2, 0.25) is 24.7 Å². The van der Waals surface area contributed by atoms with E-state index in [2.05, 4.69) is 50.2 Å². The van der Waals surface area contributed by atoms with Crippen molar-refractivity contribution in [1.82, 2.24) is 0 Å². The first-order valence-corrected chi connectivity index (χ1v) is 11.2. The lowest BCUT2D eigenvalue weighted by atomic mass is 10.1. The Bertz CT molecular complexity index is 743. The van der Waals surface area contributed by atoms with E-state index >= 15 is 0 Å². The van der Waals surface area contributed by atoms with Gasteiger partial charge in [-0.05, 0) is 25.1 Å². The van der Waals surface area contributed by atoms with E-state index in [1.54, 1.807) is 0 Å². The Hall–Kier alpha value is -1.82. The fraction of sp³-hybridized carbons (Fsp3) is 0.211. The molecule has 0 saturated carbocycles. The molecule has 0 fully saturated rings. The third-order valence-corrected chi connectivity index (χ3v) is 4.16. The van der Waals surface area contributed by atoms with Gasteiger partial charge in [-0.1, -0.05) is 73.1 Å². The summed E-state index contributed by atoms with van der Waals surface area (Å²) in [7, 11) is -1.48. The summed E-state index contributed by atoms with van der Waals surface area (Å²) in [5.41, 5.74) is 7.10. The third-order valence-electron chi connectivity index (χ3n) is 2.96. The van der Waals surface area contributed by atoms with Crippen LogP contribution in [0.1, 0.15) is 11.1 Å². The molecular formula is C19H20ClNSi. The highest BCUT2D eigenvalue weighted by atomic mass is 35.5. The Kier molecular flexibility index (Phi) is 5.23. The van der Waals surface area contributed by atoms with Gasteiger partial charge in [-0.15, -0.1) is 5.54 Å². The number of hydrogen-bond donors (Lipinski definition) is 0. The van der Waals surface area contributed by atoms with Crippen molar-refractivity contribution in [2.75, 3.05) is 0 Å². The molecule has 0 aliphatic rings. The highest BCUT2D eigenvalue weighted by Gasteiger charge is 2.10. The zero-order valence-corrected chi connectivity index (χ0v) is 15.2. The molecular weight excluding hydrogens is 306 g/mol. The van der Waals surface area contributed by atoms with Crippen LogP contribution in [-0.2, 0) is 0 Å². The molecule has 0 aromatic heterocycles. The van der Waals surface area contributed by atoms with Gasteiger partial charge in [0.15, 0.2) is 0 Å². The van der Waals surface area contributed by atoms with Gasteiger partial charge in [-0.25, -0.2) is 4.99 Å². The molecule has 0 atom stereocenters. The predicted molar refractivity (Wildman–Crippen MR) is 100.0 cm³/mol. The van der Waals surface area contributed by atoms with Gasteiger partial charge in [0.25, 0.3) is 0 Å². The van der Waals surface area contributed by atoms with Crippen LogP contribution in [-0.4, -0.2) is 13.8 Å². The lowest BCUT2D eigenvalue weighted by Crippen LogP contribution is -2.17. The molecule has 0 saturated heterocycles. The van der Waals surface area contributed by atoms with Crippen LogP contribution in [0.4, 0.5) is 5.69 Å². The number of nitrogens with zero attached hydrogens (tertiary/aromatic N) is 1. The topological polar surface area (TPSA) is 12.4 Å². The summed E-state index contributed by atoms with van der Waals surface area (Å²) in [5, 5.41) is 0.679. The molecule has 1 nitrogen and oxygen atoms in total. The summed E-state index contributed by atoms with van der Waals surface area (Å²) in [6, 6.07) is 15.8. The molecule has 2 aromatic rings. The molecule has 112 valence electrons. The first-order valence-electron chi connectivity index (χ1n) is 7.28. The zero-order valence-electron chi connectivity index (χ0n) is 13.4. The minimum atomic E-state index is -1.48. The molecule has 0 amide bonds. The number of aliphatic imine (C=N–C) groups is 1. The summed E-state index contributed by atoms with van der Waals surface area (Å²) in [6.07, 6.45) is 0. The van der Waals surface area contributed by atoms with E-state index in [0.29, 0.717) is 5.02 Å². The van der Waals surface area contributed by atoms with Crippen LogP contribution in [0.5, 0.6) is 0 Å². The molecule has 0 N–H and O–H groups in total. The maximum atomic E-state index is 6.32. The van der Waals surface area contributed by atoms with Gasteiger partial charge >= 0.3 is 0 Å². The van der Waals surface area contributed by atoms with E-state index in [1.165, 1.54) is 5.56 Å². The van der Waals surface area contributed by atoms with E-state index in [-0.39, 0.29) is 0 Å². The normalized spacial score (nSPS) is 11.8. The van der Waals surface area contributed by atoms with Gasteiger partial charge in [-0.3, -0.25) is 0 Å². The highest BCUT2D eigenvalue weighted by Crippen LogP contribution is 2.20. The molecule has 0 aliphatic carbocycles. The lowest BCUT2D eigenvalue weighted by molar-refractivity contribution is 1.43. The van der Waals surface area contributed by atoms with Crippen LogP contribution >= 0.6 is 11.6 Å².